The summed E-state index contributed by atoms with van der Waals surface area (Å²) >= 11 is 0. The highest BCUT2D eigenvalue weighted by atomic mass is 16.4. The first kappa shape index (κ1) is 12.4. The molecule has 1 aromatic carbocycles. The molecule has 0 aliphatic rings. The summed E-state index contributed by atoms with van der Waals surface area (Å²) in [5.41, 5.74) is 1.60. The van der Waals surface area contributed by atoms with Crippen LogP contribution in [0.1, 0.15) is 19.1 Å². The summed E-state index contributed by atoms with van der Waals surface area (Å²) in [6.07, 6.45) is 0.444. The van der Waals surface area contributed by atoms with Gasteiger partial charge in [0.25, 0.3) is 0 Å². The average Bonchev–Trinajstić information content (AvgIpc) is 2.87. The zero-order valence-corrected chi connectivity index (χ0v) is 10.1. The molecule has 0 aliphatic heterocycles. The summed E-state index contributed by atoms with van der Waals surface area (Å²) in [4.78, 5) is 11.3. The number of anilines is 1. The van der Waals surface area contributed by atoms with Crippen LogP contribution >= 0.6 is 0 Å². The molecule has 0 bridgehead atoms. The number of carbonyl (C=O) groups is 1. The van der Waals surface area contributed by atoms with Crippen LogP contribution in [0.25, 0.3) is 11.3 Å². The Morgan fingerprint density at radius 1 is 1.33 bits per heavy atom. The molecule has 0 spiro atoms. The Kier molecular flexibility index (Phi) is 3.79. The zero-order chi connectivity index (χ0) is 13.0. The van der Waals surface area contributed by atoms with Crippen molar-refractivity contribution >= 4 is 11.6 Å². The van der Waals surface area contributed by atoms with Crippen LogP contribution in [0, 0.1) is 0 Å². The maximum atomic E-state index is 11.3. The third-order valence-electron chi connectivity index (χ3n) is 2.57. The van der Waals surface area contributed by atoms with E-state index in [2.05, 4.69) is 5.32 Å². The number of nitrogens with one attached hydrogen (secondary N) is 1. The van der Waals surface area contributed by atoms with Gasteiger partial charge in [-0.05, 0) is 24.3 Å². The van der Waals surface area contributed by atoms with Crippen LogP contribution in [-0.2, 0) is 11.4 Å². The van der Waals surface area contributed by atoms with Gasteiger partial charge < -0.3 is 14.8 Å². The van der Waals surface area contributed by atoms with E-state index in [0.29, 0.717) is 17.9 Å². The number of furan rings is 1. The smallest absolute Gasteiger partial charge is 0.224 e. The van der Waals surface area contributed by atoms with Crippen LogP contribution in [0.2, 0.25) is 0 Å². The molecule has 2 aromatic rings. The second-order valence-corrected chi connectivity index (χ2v) is 3.91. The predicted molar refractivity (Wildman–Crippen MR) is 69.0 cm³/mol. The largest absolute Gasteiger partial charge is 0.459 e. The molecule has 1 amide bonds. The third kappa shape index (κ3) is 2.78. The van der Waals surface area contributed by atoms with E-state index < -0.39 is 0 Å². The van der Waals surface area contributed by atoms with Crippen molar-refractivity contribution in [2.24, 2.45) is 0 Å². The molecular formula is C14H15NO3. The third-order valence-corrected chi connectivity index (χ3v) is 2.57. The van der Waals surface area contributed by atoms with Crippen LogP contribution in [-0.4, -0.2) is 11.0 Å². The summed E-state index contributed by atoms with van der Waals surface area (Å²) in [7, 11) is 0. The maximum Gasteiger partial charge on any atom is 0.224 e. The number of rotatable bonds is 4. The van der Waals surface area contributed by atoms with Gasteiger partial charge in [-0.25, -0.2) is 0 Å². The number of amides is 1. The monoisotopic (exact) mass is 245 g/mol. The van der Waals surface area contributed by atoms with E-state index in [4.69, 9.17) is 9.52 Å². The topological polar surface area (TPSA) is 62.5 Å². The van der Waals surface area contributed by atoms with Gasteiger partial charge in [-0.3, -0.25) is 4.79 Å². The SMILES string of the molecule is CCC(=O)Nc1cccc(-c2ccc(CO)o2)c1. The molecule has 1 heterocycles. The van der Waals surface area contributed by atoms with Gasteiger partial charge in [0.05, 0.1) is 0 Å². The van der Waals surface area contributed by atoms with Crippen molar-refractivity contribution < 1.29 is 14.3 Å². The van der Waals surface area contributed by atoms with Crippen molar-refractivity contribution in [1.82, 2.24) is 0 Å². The molecular weight excluding hydrogens is 230 g/mol. The molecule has 4 heteroatoms. The molecule has 1 aromatic heterocycles. The van der Waals surface area contributed by atoms with Crippen LogP contribution in [0.5, 0.6) is 0 Å². The first-order valence-corrected chi connectivity index (χ1v) is 5.82. The second-order valence-electron chi connectivity index (χ2n) is 3.91. The minimum Gasteiger partial charge on any atom is -0.459 e. The lowest BCUT2D eigenvalue weighted by Crippen LogP contribution is -2.09. The van der Waals surface area contributed by atoms with Gasteiger partial charge in [0.2, 0.25) is 5.91 Å². The molecule has 2 N–H and O–H groups in total. The fraction of sp³-hybridized carbons (Fsp3) is 0.214. The van der Waals surface area contributed by atoms with Crippen molar-refractivity contribution in [3.63, 3.8) is 0 Å². The molecule has 2 rings (SSSR count). The van der Waals surface area contributed by atoms with E-state index in [0.717, 1.165) is 11.3 Å². The van der Waals surface area contributed by atoms with Gasteiger partial charge >= 0.3 is 0 Å². The Bertz CT molecular complexity index is 545. The molecule has 0 saturated carbocycles. The Morgan fingerprint density at radius 3 is 2.83 bits per heavy atom. The van der Waals surface area contributed by atoms with Gasteiger partial charge in [-0.15, -0.1) is 0 Å². The van der Waals surface area contributed by atoms with Crippen molar-refractivity contribution in [3.05, 3.63) is 42.2 Å². The Balaban J connectivity index is 2.23. The number of carbonyl (C=O) groups excluding carboxylic acids is 1. The predicted octanol–water partition coefficient (Wildman–Crippen LogP) is 2.79. The molecule has 0 aliphatic carbocycles. The van der Waals surface area contributed by atoms with E-state index in [-0.39, 0.29) is 12.5 Å². The van der Waals surface area contributed by atoms with Gasteiger partial charge in [-0.1, -0.05) is 19.1 Å². The number of hydrogen-bond donors (Lipinski definition) is 2. The van der Waals surface area contributed by atoms with E-state index in [1.54, 1.807) is 19.1 Å². The van der Waals surface area contributed by atoms with Crippen LogP contribution in [0.4, 0.5) is 5.69 Å². The van der Waals surface area contributed by atoms with Gasteiger partial charge in [0.15, 0.2) is 0 Å². The van der Waals surface area contributed by atoms with Crippen molar-refractivity contribution in [1.29, 1.82) is 0 Å². The minimum atomic E-state index is -0.119. The Hall–Kier alpha value is -2.07. The summed E-state index contributed by atoms with van der Waals surface area (Å²) < 4.78 is 5.44. The highest BCUT2D eigenvalue weighted by Gasteiger charge is 2.06. The number of benzene rings is 1. The van der Waals surface area contributed by atoms with Crippen molar-refractivity contribution in [3.8, 4) is 11.3 Å². The van der Waals surface area contributed by atoms with Crippen LogP contribution < -0.4 is 5.32 Å². The average molecular weight is 245 g/mol. The molecule has 0 unspecified atom stereocenters. The number of aliphatic hydroxyl groups excluding tert-OH is 1. The highest BCUT2D eigenvalue weighted by Crippen LogP contribution is 2.24. The number of aliphatic hydroxyl groups is 1. The highest BCUT2D eigenvalue weighted by molar-refractivity contribution is 5.91. The zero-order valence-electron chi connectivity index (χ0n) is 10.1. The molecule has 94 valence electrons. The van der Waals surface area contributed by atoms with E-state index >= 15 is 0 Å². The minimum absolute atomic E-state index is 0.0253. The first-order valence-electron chi connectivity index (χ1n) is 5.82. The van der Waals surface area contributed by atoms with Gasteiger partial charge in [0.1, 0.15) is 18.1 Å². The molecule has 18 heavy (non-hydrogen) atoms. The summed E-state index contributed by atoms with van der Waals surface area (Å²) in [5.74, 6) is 1.17. The van der Waals surface area contributed by atoms with E-state index in [9.17, 15) is 4.79 Å². The Labute approximate surface area is 105 Å². The fourth-order valence-electron chi connectivity index (χ4n) is 1.62. The van der Waals surface area contributed by atoms with Crippen molar-refractivity contribution in [2.75, 3.05) is 5.32 Å². The lowest BCUT2D eigenvalue weighted by molar-refractivity contribution is -0.115. The summed E-state index contributed by atoms with van der Waals surface area (Å²) in [6, 6.07) is 10.9. The standard InChI is InChI=1S/C14H15NO3/c1-2-14(17)15-11-5-3-4-10(8-11)13-7-6-12(9-16)18-13/h3-8,16H,2,9H2,1H3,(H,15,17). The van der Waals surface area contributed by atoms with Crippen LogP contribution in [0.15, 0.2) is 40.8 Å². The fourth-order valence-corrected chi connectivity index (χ4v) is 1.62. The molecule has 4 nitrogen and oxygen atoms in total. The summed E-state index contributed by atoms with van der Waals surface area (Å²) in [6.45, 7) is 1.69. The normalized spacial score (nSPS) is 10.3. The maximum absolute atomic E-state index is 11.3. The lowest BCUT2D eigenvalue weighted by atomic mass is 10.1. The second kappa shape index (κ2) is 5.51. The molecule has 0 radical (unpaired) electrons. The van der Waals surface area contributed by atoms with Gasteiger partial charge in [-0.2, -0.15) is 0 Å². The molecule has 0 fully saturated rings. The Morgan fingerprint density at radius 2 is 2.17 bits per heavy atom. The van der Waals surface area contributed by atoms with E-state index in [1.807, 2.05) is 24.3 Å². The summed E-state index contributed by atoms with van der Waals surface area (Å²) in [5, 5.41) is 11.7. The van der Waals surface area contributed by atoms with Crippen molar-refractivity contribution in [2.45, 2.75) is 20.0 Å². The molecule has 0 saturated heterocycles. The van der Waals surface area contributed by atoms with E-state index in [1.165, 1.54) is 0 Å². The van der Waals surface area contributed by atoms with Crippen LogP contribution in [0.3, 0.4) is 0 Å². The van der Waals surface area contributed by atoms with Gasteiger partial charge in [0, 0.05) is 17.7 Å². The first-order chi connectivity index (χ1) is 8.72. The quantitative estimate of drug-likeness (QED) is 0.870. The number of hydrogen-bond acceptors (Lipinski definition) is 3. The molecule has 0 atom stereocenters. The lowest BCUT2D eigenvalue weighted by Gasteiger charge is -2.05.